The molecule has 0 aliphatic heterocycles. The van der Waals surface area contributed by atoms with Crippen molar-refractivity contribution < 1.29 is 4.74 Å². The number of ether oxygens (including phenoxy) is 1. The van der Waals surface area contributed by atoms with Gasteiger partial charge in [0.25, 0.3) is 0 Å². The van der Waals surface area contributed by atoms with Gasteiger partial charge in [-0.3, -0.25) is 4.99 Å². The molecule has 1 aromatic carbocycles. The van der Waals surface area contributed by atoms with Crippen LogP contribution in [0.5, 0.6) is 0 Å². The van der Waals surface area contributed by atoms with Crippen molar-refractivity contribution in [2.75, 3.05) is 33.4 Å². The summed E-state index contributed by atoms with van der Waals surface area (Å²) >= 11 is 1.70. The quantitative estimate of drug-likeness (QED) is 0.360. The SMILES string of the molecule is CN=C(NCCCCOCCc1ccccc1)NCCc1csc(C)n1. The van der Waals surface area contributed by atoms with Gasteiger partial charge in [-0.25, -0.2) is 4.98 Å². The number of aliphatic imine (C=N–C) groups is 1. The number of nitrogens with one attached hydrogen (secondary N) is 2. The van der Waals surface area contributed by atoms with Gasteiger partial charge in [0.1, 0.15) is 0 Å². The minimum atomic E-state index is 0.788. The molecule has 1 aromatic heterocycles. The molecule has 0 aliphatic carbocycles. The molecule has 2 rings (SSSR count). The lowest BCUT2D eigenvalue weighted by Gasteiger charge is -2.11. The van der Waals surface area contributed by atoms with E-state index in [0.29, 0.717) is 0 Å². The third kappa shape index (κ3) is 8.45. The summed E-state index contributed by atoms with van der Waals surface area (Å²) in [6.45, 7) is 5.37. The van der Waals surface area contributed by atoms with E-state index >= 15 is 0 Å². The van der Waals surface area contributed by atoms with E-state index in [1.54, 1.807) is 18.4 Å². The summed E-state index contributed by atoms with van der Waals surface area (Å²) in [6, 6.07) is 10.5. The fourth-order valence-electron chi connectivity index (χ4n) is 2.53. The Balaban J connectivity index is 1.45. The van der Waals surface area contributed by atoms with Crippen LogP contribution in [0.3, 0.4) is 0 Å². The van der Waals surface area contributed by atoms with Crippen molar-refractivity contribution in [2.24, 2.45) is 4.99 Å². The second kappa shape index (κ2) is 12.4. The monoisotopic (exact) mass is 374 g/mol. The lowest BCUT2D eigenvalue weighted by Crippen LogP contribution is -2.38. The van der Waals surface area contributed by atoms with Gasteiger partial charge in [0.05, 0.1) is 17.3 Å². The van der Waals surface area contributed by atoms with Crippen LogP contribution in [0, 0.1) is 6.92 Å². The van der Waals surface area contributed by atoms with Crippen LogP contribution in [-0.4, -0.2) is 44.3 Å². The summed E-state index contributed by atoms with van der Waals surface area (Å²) in [7, 11) is 1.80. The molecule has 2 N–H and O–H groups in total. The Labute approximate surface area is 160 Å². The standard InChI is InChI=1S/C20H30N4OS/c1-17-24-19(16-26-17)10-13-23-20(21-2)22-12-6-7-14-25-15-11-18-8-4-3-5-9-18/h3-5,8-9,16H,6-7,10-15H2,1-2H3,(H2,21,22,23). The van der Waals surface area contributed by atoms with Crippen molar-refractivity contribution in [2.45, 2.75) is 32.6 Å². The maximum Gasteiger partial charge on any atom is 0.190 e. The van der Waals surface area contributed by atoms with Crippen LogP contribution in [0.4, 0.5) is 0 Å². The normalized spacial score (nSPS) is 11.5. The number of nitrogens with zero attached hydrogens (tertiary/aromatic N) is 2. The predicted molar refractivity (Wildman–Crippen MR) is 110 cm³/mol. The van der Waals surface area contributed by atoms with Crippen LogP contribution in [-0.2, 0) is 17.6 Å². The number of thiazole rings is 1. The fraction of sp³-hybridized carbons (Fsp3) is 0.500. The molecular formula is C20H30N4OS. The molecular weight excluding hydrogens is 344 g/mol. The highest BCUT2D eigenvalue weighted by Crippen LogP contribution is 2.07. The lowest BCUT2D eigenvalue weighted by molar-refractivity contribution is 0.133. The first-order valence-electron chi connectivity index (χ1n) is 9.25. The van der Waals surface area contributed by atoms with E-state index in [1.807, 2.05) is 13.0 Å². The minimum Gasteiger partial charge on any atom is -0.381 e. The summed E-state index contributed by atoms with van der Waals surface area (Å²) in [5, 5.41) is 9.91. The lowest BCUT2D eigenvalue weighted by atomic mass is 10.2. The van der Waals surface area contributed by atoms with Crippen molar-refractivity contribution in [3.05, 3.63) is 52.0 Å². The van der Waals surface area contributed by atoms with Gasteiger partial charge in [0.2, 0.25) is 0 Å². The van der Waals surface area contributed by atoms with Gasteiger partial charge in [-0.1, -0.05) is 30.3 Å². The molecule has 26 heavy (non-hydrogen) atoms. The number of unbranched alkanes of at least 4 members (excludes halogenated alkanes) is 1. The summed E-state index contributed by atoms with van der Waals surface area (Å²) < 4.78 is 5.71. The Morgan fingerprint density at radius 1 is 1.08 bits per heavy atom. The predicted octanol–water partition coefficient (Wildman–Crippen LogP) is 3.20. The molecule has 0 saturated heterocycles. The Hall–Kier alpha value is -1.92. The average Bonchev–Trinajstić information content (AvgIpc) is 3.08. The summed E-state index contributed by atoms with van der Waals surface area (Å²) in [5.74, 6) is 0.849. The molecule has 142 valence electrons. The van der Waals surface area contributed by atoms with Crippen LogP contribution in [0.15, 0.2) is 40.7 Å². The van der Waals surface area contributed by atoms with E-state index in [-0.39, 0.29) is 0 Å². The number of hydrogen-bond donors (Lipinski definition) is 2. The molecule has 0 amide bonds. The van der Waals surface area contributed by atoms with Gasteiger partial charge < -0.3 is 15.4 Å². The Kier molecular flexibility index (Phi) is 9.75. The van der Waals surface area contributed by atoms with Gasteiger partial charge in [0, 0.05) is 38.5 Å². The van der Waals surface area contributed by atoms with Crippen molar-refractivity contribution in [3.63, 3.8) is 0 Å². The highest BCUT2D eigenvalue weighted by atomic mass is 32.1. The molecule has 2 aromatic rings. The molecule has 0 fully saturated rings. The van der Waals surface area contributed by atoms with Crippen molar-refractivity contribution >= 4 is 17.3 Å². The van der Waals surface area contributed by atoms with Gasteiger partial charge in [0.15, 0.2) is 5.96 Å². The van der Waals surface area contributed by atoms with E-state index in [0.717, 1.165) is 68.6 Å². The zero-order valence-electron chi connectivity index (χ0n) is 15.8. The van der Waals surface area contributed by atoms with Crippen molar-refractivity contribution in [1.29, 1.82) is 0 Å². The van der Waals surface area contributed by atoms with Crippen molar-refractivity contribution in [1.82, 2.24) is 15.6 Å². The topological polar surface area (TPSA) is 58.5 Å². The average molecular weight is 375 g/mol. The smallest absolute Gasteiger partial charge is 0.190 e. The number of aryl methyl sites for hydroxylation is 1. The second-order valence-corrected chi connectivity index (χ2v) is 7.15. The number of benzene rings is 1. The second-order valence-electron chi connectivity index (χ2n) is 6.09. The fourth-order valence-corrected chi connectivity index (χ4v) is 3.17. The Morgan fingerprint density at radius 3 is 2.62 bits per heavy atom. The maximum atomic E-state index is 5.71. The van der Waals surface area contributed by atoms with E-state index < -0.39 is 0 Å². The third-order valence-electron chi connectivity index (χ3n) is 3.95. The zero-order valence-corrected chi connectivity index (χ0v) is 16.6. The molecule has 0 unspecified atom stereocenters. The van der Waals surface area contributed by atoms with E-state index in [2.05, 4.69) is 50.3 Å². The number of guanidine groups is 1. The molecule has 0 atom stereocenters. The summed E-state index contributed by atoms with van der Waals surface area (Å²) in [6.07, 6.45) is 4.02. The molecule has 5 nitrogen and oxygen atoms in total. The molecule has 1 heterocycles. The van der Waals surface area contributed by atoms with Crippen LogP contribution in [0.25, 0.3) is 0 Å². The van der Waals surface area contributed by atoms with Gasteiger partial charge in [-0.15, -0.1) is 11.3 Å². The van der Waals surface area contributed by atoms with E-state index in [9.17, 15) is 0 Å². The largest absolute Gasteiger partial charge is 0.381 e. The number of hydrogen-bond acceptors (Lipinski definition) is 4. The first kappa shape index (κ1) is 20.4. The van der Waals surface area contributed by atoms with Crippen LogP contribution >= 0.6 is 11.3 Å². The zero-order chi connectivity index (χ0) is 18.5. The molecule has 0 radical (unpaired) electrons. The van der Waals surface area contributed by atoms with Crippen LogP contribution in [0.1, 0.15) is 29.1 Å². The highest BCUT2D eigenvalue weighted by molar-refractivity contribution is 7.09. The highest BCUT2D eigenvalue weighted by Gasteiger charge is 2.00. The maximum absolute atomic E-state index is 5.71. The van der Waals surface area contributed by atoms with Crippen LogP contribution in [0.2, 0.25) is 0 Å². The van der Waals surface area contributed by atoms with E-state index in [1.165, 1.54) is 5.56 Å². The Bertz CT molecular complexity index is 642. The first-order valence-corrected chi connectivity index (χ1v) is 10.1. The third-order valence-corrected chi connectivity index (χ3v) is 4.77. The molecule has 0 aliphatic rings. The first-order chi connectivity index (χ1) is 12.8. The van der Waals surface area contributed by atoms with Crippen LogP contribution < -0.4 is 10.6 Å². The number of rotatable bonds is 11. The van der Waals surface area contributed by atoms with Crippen molar-refractivity contribution in [3.8, 4) is 0 Å². The van der Waals surface area contributed by atoms with Gasteiger partial charge in [-0.05, 0) is 31.7 Å². The summed E-state index contributed by atoms with van der Waals surface area (Å²) in [4.78, 5) is 8.72. The van der Waals surface area contributed by atoms with Gasteiger partial charge >= 0.3 is 0 Å². The summed E-state index contributed by atoms with van der Waals surface area (Å²) in [5.41, 5.74) is 2.47. The molecule has 0 bridgehead atoms. The van der Waals surface area contributed by atoms with Gasteiger partial charge in [-0.2, -0.15) is 0 Å². The molecule has 6 heteroatoms. The Morgan fingerprint density at radius 2 is 1.88 bits per heavy atom. The van der Waals surface area contributed by atoms with E-state index in [4.69, 9.17) is 4.74 Å². The molecule has 0 saturated carbocycles. The number of aromatic nitrogens is 1. The minimum absolute atomic E-state index is 0.788. The molecule has 0 spiro atoms.